The molecule has 7 heteroatoms. The summed E-state index contributed by atoms with van der Waals surface area (Å²) in [5, 5.41) is 7.78. The summed E-state index contributed by atoms with van der Waals surface area (Å²) in [5.41, 5.74) is 3.13. The normalized spacial score (nSPS) is 13.7. The number of nitrogens with one attached hydrogen (secondary N) is 1. The third kappa shape index (κ3) is 3.55. The fourth-order valence-corrected chi connectivity index (χ4v) is 3.53. The summed E-state index contributed by atoms with van der Waals surface area (Å²) in [6.07, 6.45) is 2.30. The van der Waals surface area contributed by atoms with Gasteiger partial charge in [0.25, 0.3) is 0 Å². The molecule has 1 saturated heterocycles. The van der Waals surface area contributed by atoms with Crippen molar-refractivity contribution in [1.29, 1.82) is 0 Å². The molecule has 1 N–H and O–H groups in total. The zero-order valence-corrected chi connectivity index (χ0v) is 15.6. The molecule has 1 fully saturated rings. The maximum Gasteiger partial charge on any atom is 0.337 e. The largest absolute Gasteiger partial charge is 0.465 e. The number of carbonyl (C=O) groups excluding carboxylic acids is 2. The van der Waals surface area contributed by atoms with Gasteiger partial charge in [0.05, 0.1) is 30.5 Å². The fraction of sp³-hybridized carbons (Fsp3) is 0.286. The van der Waals surface area contributed by atoms with Crippen molar-refractivity contribution in [3.8, 4) is 0 Å². The molecule has 0 saturated carbocycles. The summed E-state index contributed by atoms with van der Waals surface area (Å²) in [4.78, 5) is 26.8. The van der Waals surface area contributed by atoms with Crippen molar-refractivity contribution in [2.45, 2.75) is 19.3 Å². The van der Waals surface area contributed by atoms with Crippen LogP contribution in [0.2, 0.25) is 0 Å². The van der Waals surface area contributed by atoms with Crippen LogP contribution in [0.25, 0.3) is 11.0 Å². The van der Waals surface area contributed by atoms with Gasteiger partial charge in [-0.3, -0.25) is 4.79 Å². The average Bonchev–Trinajstić information content (AvgIpc) is 3.38. The Kier molecular flexibility index (Phi) is 4.97. The van der Waals surface area contributed by atoms with E-state index in [4.69, 9.17) is 9.26 Å². The monoisotopic (exact) mass is 379 g/mol. The highest BCUT2D eigenvalue weighted by molar-refractivity contribution is 5.99. The van der Waals surface area contributed by atoms with Crippen LogP contribution in [0.3, 0.4) is 0 Å². The zero-order chi connectivity index (χ0) is 19.5. The van der Waals surface area contributed by atoms with Crippen molar-refractivity contribution in [2.75, 3.05) is 30.4 Å². The highest BCUT2D eigenvalue weighted by Crippen LogP contribution is 2.30. The van der Waals surface area contributed by atoms with Crippen LogP contribution in [-0.4, -0.2) is 37.2 Å². The Bertz CT molecular complexity index is 1020. The van der Waals surface area contributed by atoms with E-state index < -0.39 is 5.97 Å². The molecule has 1 aromatic heterocycles. The number of benzene rings is 2. The van der Waals surface area contributed by atoms with Gasteiger partial charge in [-0.2, -0.15) is 0 Å². The number of methoxy groups -OCH3 is 1. The van der Waals surface area contributed by atoms with Gasteiger partial charge in [0.2, 0.25) is 5.91 Å². The molecular formula is C21H21N3O4. The lowest BCUT2D eigenvalue weighted by atomic mass is 10.1. The quantitative estimate of drug-likeness (QED) is 0.684. The van der Waals surface area contributed by atoms with Crippen LogP contribution in [0.5, 0.6) is 0 Å². The number of nitrogens with zero attached hydrogens (tertiary/aromatic N) is 2. The van der Waals surface area contributed by atoms with Gasteiger partial charge in [-0.25, -0.2) is 4.79 Å². The van der Waals surface area contributed by atoms with E-state index in [1.807, 2.05) is 30.3 Å². The molecule has 0 aliphatic carbocycles. The first-order valence-electron chi connectivity index (χ1n) is 9.26. The maximum absolute atomic E-state index is 12.7. The fourth-order valence-electron chi connectivity index (χ4n) is 3.53. The molecule has 0 spiro atoms. The third-order valence-electron chi connectivity index (χ3n) is 4.92. The molecule has 1 aliphatic heterocycles. The molecule has 0 unspecified atom stereocenters. The molecule has 28 heavy (non-hydrogen) atoms. The topological polar surface area (TPSA) is 84.7 Å². The van der Waals surface area contributed by atoms with E-state index in [2.05, 4.69) is 15.4 Å². The lowest BCUT2D eigenvalue weighted by Gasteiger charge is -2.22. The third-order valence-corrected chi connectivity index (χ3v) is 4.92. The number of aromatic nitrogens is 1. The number of esters is 1. The minimum Gasteiger partial charge on any atom is -0.465 e. The average molecular weight is 379 g/mol. The van der Waals surface area contributed by atoms with Crippen LogP contribution in [0.4, 0.5) is 11.4 Å². The van der Waals surface area contributed by atoms with E-state index in [1.54, 1.807) is 12.1 Å². The van der Waals surface area contributed by atoms with Crippen LogP contribution >= 0.6 is 0 Å². The molecule has 4 rings (SSSR count). The van der Waals surface area contributed by atoms with Gasteiger partial charge in [0.1, 0.15) is 5.69 Å². The minimum atomic E-state index is -0.439. The molecule has 144 valence electrons. The van der Waals surface area contributed by atoms with Gasteiger partial charge >= 0.3 is 5.97 Å². The number of amides is 1. The number of hydrogen-bond acceptors (Lipinski definition) is 6. The minimum absolute atomic E-state index is 0.0822. The molecular weight excluding hydrogens is 358 g/mol. The van der Waals surface area contributed by atoms with E-state index >= 15 is 0 Å². The number of para-hydroxylation sites is 1. The van der Waals surface area contributed by atoms with Crippen molar-refractivity contribution in [3.63, 3.8) is 0 Å². The Labute approximate surface area is 162 Å². The maximum atomic E-state index is 12.7. The summed E-state index contributed by atoms with van der Waals surface area (Å²) in [6, 6.07) is 12.7. The van der Waals surface area contributed by atoms with Gasteiger partial charge in [0.15, 0.2) is 5.58 Å². The van der Waals surface area contributed by atoms with Crippen molar-refractivity contribution in [1.82, 2.24) is 5.16 Å². The van der Waals surface area contributed by atoms with Gasteiger partial charge in [-0.15, -0.1) is 0 Å². The SMILES string of the molecule is COC(=O)c1ccc(N2CCCC2)c(NC(=O)Cc2noc3ccccc23)c1. The Balaban J connectivity index is 1.59. The van der Waals surface area contributed by atoms with E-state index in [-0.39, 0.29) is 12.3 Å². The number of fused-ring (bicyclic) bond motifs is 1. The molecule has 0 radical (unpaired) electrons. The molecule has 2 aromatic carbocycles. The molecule has 7 nitrogen and oxygen atoms in total. The Hall–Kier alpha value is -3.35. The van der Waals surface area contributed by atoms with Gasteiger partial charge in [-0.05, 0) is 43.2 Å². The smallest absolute Gasteiger partial charge is 0.337 e. The summed E-state index contributed by atoms with van der Waals surface area (Å²) in [7, 11) is 1.34. The first-order valence-corrected chi connectivity index (χ1v) is 9.26. The summed E-state index contributed by atoms with van der Waals surface area (Å²) < 4.78 is 10.1. The van der Waals surface area contributed by atoms with E-state index in [0.717, 1.165) is 37.0 Å². The predicted octanol–water partition coefficient (Wildman–Crippen LogP) is 3.40. The Morgan fingerprint density at radius 1 is 1.18 bits per heavy atom. The number of anilines is 2. The lowest BCUT2D eigenvalue weighted by Crippen LogP contribution is -2.22. The van der Waals surface area contributed by atoms with Crippen LogP contribution in [0.1, 0.15) is 28.9 Å². The van der Waals surface area contributed by atoms with Crippen molar-refractivity contribution >= 4 is 34.2 Å². The predicted molar refractivity (Wildman–Crippen MR) is 106 cm³/mol. The highest BCUT2D eigenvalue weighted by Gasteiger charge is 2.20. The highest BCUT2D eigenvalue weighted by atomic mass is 16.5. The second kappa shape index (κ2) is 7.72. The molecule has 0 atom stereocenters. The summed E-state index contributed by atoms with van der Waals surface area (Å²) >= 11 is 0. The summed E-state index contributed by atoms with van der Waals surface area (Å²) in [6.45, 7) is 1.85. The van der Waals surface area contributed by atoms with E-state index in [1.165, 1.54) is 7.11 Å². The molecule has 1 aliphatic rings. The Morgan fingerprint density at radius 3 is 2.75 bits per heavy atom. The van der Waals surface area contributed by atoms with Crippen LogP contribution < -0.4 is 10.2 Å². The van der Waals surface area contributed by atoms with Crippen LogP contribution in [0.15, 0.2) is 47.0 Å². The second-order valence-corrected chi connectivity index (χ2v) is 6.77. The number of ether oxygens (including phenoxy) is 1. The lowest BCUT2D eigenvalue weighted by molar-refractivity contribution is -0.115. The van der Waals surface area contributed by atoms with Crippen molar-refractivity contribution in [2.24, 2.45) is 0 Å². The summed E-state index contributed by atoms with van der Waals surface area (Å²) in [5.74, 6) is -0.660. The van der Waals surface area contributed by atoms with Gasteiger partial charge < -0.3 is 19.5 Å². The van der Waals surface area contributed by atoms with E-state index in [0.29, 0.717) is 22.5 Å². The zero-order valence-electron chi connectivity index (χ0n) is 15.6. The number of rotatable bonds is 5. The van der Waals surface area contributed by atoms with Crippen molar-refractivity contribution < 1.29 is 18.8 Å². The van der Waals surface area contributed by atoms with Gasteiger partial charge in [-0.1, -0.05) is 17.3 Å². The van der Waals surface area contributed by atoms with Crippen LogP contribution in [0, 0.1) is 0 Å². The van der Waals surface area contributed by atoms with E-state index in [9.17, 15) is 9.59 Å². The molecule has 2 heterocycles. The molecule has 3 aromatic rings. The standard InChI is InChI=1S/C21H21N3O4/c1-27-21(26)14-8-9-18(24-10-4-5-11-24)17(12-14)22-20(25)13-16-15-6-2-3-7-19(15)28-23-16/h2-3,6-9,12H,4-5,10-11,13H2,1H3,(H,22,25). The molecule has 0 bridgehead atoms. The number of hydrogen-bond donors (Lipinski definition) is 1. The number of carbonyl (C=O) groups is 2. The molecule has 1 amide bonds. The van der Waals surface area contributed by atoms with Gasteiger partial charge in [0, 0.05) is 18.5 Å². The second-order valence-electron chi connectivity index (χ2n) is 6.77. The first-order chi connectivity index (χ1) is 13.7. The van der Waals surface area contributed by atoms with Crippen molar-refractivity contribution in [3.05, 3.63) is 53.7 Å². The van der Waals surface area contributed by atoms with Crippen LogP contribution in [-0.2, 0) is 16.0 Å². The first kappa shape index (κ1) is 18.0. The Morgan fingerprint density at radius 2 is 1.96 bits per heavy atom.